The van der Waals surface area contributed by atoms with E-state index in [0.29, 0.717) is 4.60 Å². The normalized spacial score (nSPS) is 11.4. The second kappa shape index (κ2) is 5.28. The van der Waals surface area contributed by atoms with E-state index in [2.05, 4.69) is 31.2 Å². The predicted octanol–water partition coefficient (Wildman–Crippen LogP) is 3.89. The van der Waals surface area contributed by atoms with Crippen molar-refractivity contribution in [3.8, 4) is 0 Å². The van der Waals surface area contributed by atoms with Crippen molar-refractivity contribution >= 4 is 33.4 Å². The summed E-state index contributed by atoms with van der Waals surface area (Å²) < 4.78 is 38.9. The van der Waals surface area contributed by atoms with Crippen LogP contribution in [-0.4, -0.2) is 9.97 Å². The number of nitrogens with one attached hydrogen (secondary N) is 1. The van der Waals surface area contributed by atoms with Crippen molar-refractivity contribution in [2.45, 2.75) is 13.1 Å². The Kier molecular flexibility index (Phi) is 3.85. The van der Waals surface area contributed by atoms with Gasteiger partial charge in [-0.1, -0.05) is 6.07 Å². The van der Waals surface area contributed by atoms with Crippen LogP contribution in [-0.2, 0) is 6.18 Å². The van der Waals surface area contributed by atoms with E-state index in [1.165, 1.54) is 25.1 Å². The Bertz CT molecular complexity index is 623. The molecule has 0 amide bonds. The monoisotopic (exact) mass is 346 g/mol. The molecule has 0 radical (unpaired) electrons. The maximum absolute atomic E-state index is 12.8. The highest BCUT2D eigenvalue weighted by Crippen LogP contribution is 2.33. The third-order valence-corrected chi connectivity index (χ3v) is 2.92. The Morgan fingerprint density at radius 3 is 2.50 bits per heavy atom. The van der Waals surface area contributed by atoms with Gasteiger partial charge in [0.05, 0.1) is 5.56 Å². The Hall–Kier alpha value is -1.83. The molecular weight excluding hydrogens is 337 g/mol. The van der Waals surface area contributed by atoms with Gasteiger partial charge in [0, 0.05) is 11.8 Å². The van der Waals surface area contributed by atoms with Crippen LogP contribution in [0.1, 0.15) is 11.1 Å². The Morgan fingerprint density at radius 2 is 1.90 bits per heavy atom. The zero-order valence-corrected chi connectivity index (χ0v) is 11.9. The van der Waals surface area contributed by atoms with Gasteiger partial charge in [0.2, 0.25) is 5.95 Å². The fourth-order valence-electron chi connectivity index (χ4n) is 1.63. The van der Waals surface area contributed by atoms with E-state index in [-0.39, 0.29) is 23.0 Å². The van der Waals surface area contributed by atoms with Crippen molar-refractivity contribution in [1.82, 2.24) is 9.97 Å². The van der Waals surface area contributed by atoms with Crippen LogP contribution in [0, 0.1) is 6.92 Å². The van der Waals surface area contributed by atoms with Gasteiger partial charge in [0.15, 0.2) is 0 Å². The highest BCUT2D eigenvalue weighted by atomic mass is 79.9. The summed E-state index contributed by atoms with van der Waals surface area (Å²) in [5, 5.41) is 2.69. The highest BCUT2D eigenvalue weighted by molar-refractivity contribution is 9.10. The predicted molar refractivity (Wildman–Crippen MR) is 73.6 cm³/mol. The van der Waals surface area contributed by atoms with Crippen molar-refractivity contribution in [2.75, 3.05) is 11.1 Å². The second-order valence-electron chi connectivity index (χ2n) is 4.09. The minimum Gasteiger partial charge on any atom is -0.383 e. The molecule has 1 aromatic carbocycles. The van der Waals surface area contributed by atoms with Crippen LogP contribution in [0.4, 0.5) is 30.6 Å². The molecule has 4 nitrogen and oxygen atoms in total. The summed E-state index contributed by atoms with van der Waals surface area (Å²) in [6, 6.07) is 5.40. The number of benzene rings is 1. The van der Waals surface area contributed by atoms with Crippen molar-refractivity contribution in [3.63, 3.8) is 0 Å². The van der Waals surface area contributed by atoms with Crippen molar-refractivity contribution in [1.29, 1.82) is 0 Å². The molecule has 1 heterocycles. The summed E-state index contributed by atoms with van der Waals surface area (Å²) in [6.07, 6.45) is -4.40. The number of halogens is 4. The van der Waals surface area contributed by atoms with Crippen molar-refractivity contribution < 1.29 is 13.2 Å². The minimum absolute atomic E-state index is 0.119. The van der Waals surface area contributed by atoms with Crippen LogP contribution >= 0.6 is 15.9 Å². The highest BCUT2D eigenvalue weighted by Gasteiger charge is 2.32. The van der Waals surface area contributed by atoms with E-state index in [1.54, 1.807) is 0 Å². The first-order valence-electron chi connectivity index (χ1n) is 5.50. The lowest BCUT2D eigenvalue weighted by molar-refractivity contribution is -0.138. The number of nitrogens with two attached hydrogens (primary N) is 1. The first kappa shape index (κ1) is 14.6. The van der Waals surface area contributed by atoms with E-state index < -0.39 is 11.7 Å². The lowest BCUT2D eigenvalue weighted by Crippen LogP contribution is -2.08. The summed E-state index contributed by atoms with van der Waals surface area (Å²) in [6.45, 7) is 1.40. The average molecular weight is 347 g/mol. The Labute approximate surface area is 121 Å². The molecule has 2 aromatic rings. The molecule has 0 saturated heterocycles. The molecule has 0 aliphatic carbocycles. The molecule has 0 unspecified atom stereocenters. The fourth-order valence-corrected chi connectivity index (χ4v) is 2.03. The molecule has 0 aliphatic rings. The first-order chi connectivity index (χ1) is 9.25. The summed E-state index contributed by atoms with van der Waals surface area (Å²) in [7, 11) is 0. The molecule has 0 saturated carbocycles. The summed E-state index contributed by atoms with van der Waals surface area (Å²) in [5.74, 6) is 0.325. The Balaban J connectivity index is 2.35. The number of aryl methyl sites for hydroxylation is 1. The lowest BCUT2D eigenvalue weighted by Gasteiger charge is -2.13. The van der Waals surface area contributed by atoms with Gasteiger partial charge >= 0.3 is 6.18 Å². The molecule has 20 heavy (non-hydrogen) atoms. The molecule has 0 fully saturated rings. The van der Waals surface area contributed by atoms with Crippen LogP contribution in [0.3, 0.4) is 0 Å². The van der Waals surface area contributed by atoms with Gasteiger partial charge in [0.25, 0.3) is 0 Å². The zero-order chi connectivity index (χ0) is 14.9. The van der Waals surface area contributed by atoms with Gasteiger partial charge in [0.1, 0.15) is 10.4 Å². The third-order valence-electron chi connectivity index (χ3n) is 2.51. The van der Waals surface area contributed by atoms with Gasteiger partial charge in [-0.25, -0.2) is 4.98 Å². The molecule has 2 rings (SSSR count). The SMILES string of the molecule is Cc1ccc(Nc2nc(N)cc(Br)n2)cc1C(F)(F)F. The van der Waals surface area contributed by atoms with Crippen LogP contribution in [0.2, 0.25) is 0 Å². The lowest BCUT2D eigenvalue weighted by atomic mass is 10.1. The van der Waals surface area contributed by atoms with E-state index in [0.717, 1.165) is 6.07 Å². The van der Waals surface area contributed by atoms with Gasteiger partial charge in [-0.05, 0) is 40.5 Å². The summed E-state index contributed by atoms with van der Waals surface area (Å²) in [5.41, 5.74) is 5.22. The maximum atomic E-state index is 12.8. The molecule has 8 heteroatoms. The molecule has 106 valence electrons. The molecule has 0 aliphatic heterocycles. The topological polar surface area (TPSA) is 63.8 Å². The molecule has 0 atom stereocenters. The summed E-state index contributed by atoms with van der Waals surface area (Å²) in [4.78, 5) is 7.86. The van der Waals surface area contributed by atoms with Crippen LogP contribution in [0.25, 0.3) is 0 Å². The number of aromatic nitrogens is 2. The minimum atomic E-state index is -4.40. The zero-order valence-electron chi connectivity index (χ0n) is 10.3. The van der Waals surface area contributed by atoms with E-state index >= 15 is 0 Å². The number of anilines is 3. The first-order valence-corrected chi connectivity index (χ1v) is 6.30. The van der Waals surface area contributed by atoms with Crippen LogP contribution in [0.15, 0.2) is 28.9 Å². The quantitative estimate of drug-likeness (QED) is 0.809. The molecular formula is C12H10BrF3N4. The number of hydrogen-bond acceptors (Lipinski definition) is 4. The van der Waals surface area contributed by atoms with E-state index in [4.69, 9.17) is 5.73 Å². The Morgan fingerprint density at radius 1 is 1.20 bits per heavy atom. The fraction of sp³-hybridized carbons (Fsp3) is 0.167. The number of rotatable bonds is 2. The number of hydrogen-bond donors (Lipinski definition) is 2. The van der Waals surface area contributed by atoms with Crippen molar-refractivity contribution in [2.24, 2.45) is 0 Å². The van der Waals surface area contributed by atoms with Gasteiger partial charge in [-0.15, -0.1) is 0 Å². The number of nitrogen functional groups attached to an aromatic ring is 1. The largest absolute Gasteiger partial charge is 0.416 e. The van der Waals surface area contributed by atoms with Crippen LogP contribution < -0.4 is 11.1 Å². The van der Waals surface area contributed by atoms with E-state index in [9.17, 15) is 13.2 Å². The standard InChI is InChI=1S/C12H10BrF3N4/c1-6-2-3-7(4-8(6)12(14,15)16)18-11-19-9(13)5-10(17)20-11/h2-5H,1H3,(H3,17,18,19,20). The van der Waals surface area contributed by atoms with Gasteiger partial charge in [-0.2, -0.15) is 18.2 Å². The average Bonchev–Trinajstić information content (AvgIpc) is 2.29. The van der Waals surface area contributed by atoms with Gasteiger partial charge in [-0.3, -0.25) is 0 Å². The number of nitrogens with zero attached hydrogens (tertiary/aromatic N) is 2. The second-order valence-corrected chi connectivity index (χ2v) is 4.90. The van der Waals surface area contributed by atoms with Crippen LogP contribution in [0.5, 0.6) is 0 Å². The summed E-state index contributed by atoms with van der Waals surface area (Å²) >= 11 is 3.13. The smallest absolute Gasteiger partial charge is 0.383 e. The molecule has 1 aromatic heterocycles. The number of alkyl halides is 3. The van der Waals surface area contributed by atoms with E-state index in [1.807, 2.05) is 0 Å². The van der Waals surface area contributed by atoms with Crippen molar-refractivity contribution in [3.05, 3.63) is 40.0 Å². The third kappa shape index (κ3) is 3.38. The molecule has 3 N–H and O–H groups in total. The molecule has 0 bridgehead atoms. The van der Waals surface area contributed by atoms with Gasteiger partial charge < -0.3 is 11.1 Å². The molecule has 0 spiro atoms. The maximum Gasteiger partial charge on any atom is 0.416 e.